The average Bonchev–Trinajstić information content (AvgIpc) is 2.40. The lowest BCUT2D eigenvalue weighted by Crippen LogP contribution is -2.09. The smallest absolute Gasteiger partial charge is 0.135 e. The maximum absolute atomic E-state index is 5.65. The molecule has 1 aromatic heterocycles. The fourth-order valence-electron chi connectivity index (χ4n) is 1.55. The fourth-order valence-corrected chi connectivity index (χ4v) is 1.55. The minimum absolute atomic E-state index is 0.573. The van der Waals surface area contributed by atoms with Gasteiger partial charge in [-0.3, -0.25) is 0 Å². The molecule has 0 saturated heterocycles. The zero-order chi connectivity index (χ0) is 13.7. The maximum Gasteiger partial charge on any atom is 0.135 e. The van der Waals surface area contributed by atoms with Gasteiger partial charge >= 0.3 is 0 Å². The van der Waals surface area contributed by atoms with Gasteiger partial charge in [0, 0.05) is 24.0 Å². The highest BCUT2D eigenvalue weighted by Gasteiger charge is 2.00. The first kappa shape index (κ1) is 13.1. The van der Waals surface area contributed by atoms with E-state index < -0.39 is 0 Å². The molecule has 0 unspecified atom stereocenters. The third-order valence-electron chi connectivity index (χ3n) is 2.54. The van der Waals surface area contributed by atoms with Gasteiger partial charge in [0.2, 0.25) is 0 Å². The third kappa shape index (κ3) is 4.13. The summed E-state index contributed by atoms with van der Waals surface area (Å²) in [7, 11) is 0. The topological polar surface area (TPSA) is 75.9 Å². The molecule has 0 fully saturated rings. The van der Waals surface area contributed by atoms with Crippen molar-refractivity contribution in [2.75, 3.05) is 22.9 Å². The maximum atomic E-state index is 5.65. The Morgan fingerprint density at radius 1 is 1.11 bits per heavy atom. The van der Waals surface area contributed by atoms with Crippen LogP contribution in [0.15, 0.2) is 36.7 Å². The van der Waals surface area contributed by atoms with Crippen LogP contribution < -0.4 is 16.4 Å². The van der Waals surface area contributed by atoms with E-state index in [0.717, 1.165) is 29.6 Å². The van der Waals surface area contributed by atoms with Crippen molar-refractivity contribution >= 4 is 23.0 Å². The van der Waals surface area contributed by atoms with Crippen molar-refractivity contribution in [2.45, 2.75) is 13.8 Å². The molecule has 1 aromatic carbocycles. The average molecular weight is 257 g/mol. The molecule has 0 saturated carbocycles. The van der Waals surface area contributed by atoms with E-state index in [1.165, 1.54) is 0 Å². The standard InChI is InChI=1S/C14H19N5/c1-10(2)8-16-13-7-14(18-9-17-13)19-12-5-3-11(15)4-6-12/h3-7,9-10H,8,15H2,1-2H3,(H2,16,17,18,19). The van der Waals surface area contributed by atoms with Crippen molar-refractivity contribution < 1.29 is 0 Å². The SMILES string of the molecule is CC(C)CNc1cc(Nc2ccc(N)cc2)ncn1. The van der Waals surface area contributed by atoms with Crippen LogP contribution in [0, 0.1) is 5.92 Å². The van der Waals surface area contributed by atoms with E-state index in [0.29, 0.717) is 5.92 Å². The molecule has 2 aromatic rings. The van der Waals surface area contributed by atoms with Crippen LogP contribution in [0.1, 0.15) is 13.8 Å². The third-order valence-corrected chi connectivity index (χ3v) is 2.54. The number of nitrogen functional groups attached to an aromatic ring is 1. The molecule has 5 heteroatoms. The zero-order valence-corrected chi connectivity index (χ0v) is 11.2. The van der Waals surface area contributed by atoms with E-state index in [9.17, 15) is 0 Å². The highest BCUT2D eigenvalue weighted by molar-refractivity contribution is 5.60. The quantitative estimate of drug-likeness (QED) is 0.718. The Labute approximate surface area is 113 Å². The molecule has 0 amide bonds. The molecular formula is C14H19N5. The molecule has 0 aliphatic carbocycles. The van der Waals surface area contributed by atoms with Gasteiger partial charge in [0.25, 0.3) is 0 Å². The van der Waals surface area contributed by atoms with E-state index in [4.69, 9.17) is 5.73 Å². The van der Waals surface area contributed by atoms with E-state index in [2.05, 4.69) is 34.4 Å². The molecular weight excluding hydrogens is 238 g/mol. The van der Waals surface area contributed by atoms with Gasteiger partial charge < -0.3 is 16.4 Å². The first-order chi connectivity index (χ1) is 9.13. The van der Waals surface area contributed by atoms with Crippen molar-refractivity contribution in [3.8, 4) is 0 Å². The van der Waals surface area contributed by atoms with E-state index in [1.54, 1.807) is 6.33 Å². The van der Waals surface area contributed by atoms with Crippen molar-refractivity contribution in [2.24, 2.45) is 5.92 Å². The second kappa shape index (κ2) is 6.04. The van der Waals surface area contributed by atoms with Gasteiger partial charge in [0.1, 0.15) is 18.0 Å². The number of nitrogens with two attached hydrogens (primary N) is 1. The van der Waals surface area contributed by atoms with Crippen LogP contribution in [0.3, 0.4) is 0 Å². The minimum Gasteiger partial charge on any atom is -0.399 e. The lowest BCUT2D eigenvalue weighted by atomic mass is 10.2. The summed E-state index contributed by atoms with van der Waals surface area (Å²) in [4.78, 5) is 8.38. The van der Waals surface area contributed by atoms with E-state index >= 15 is 0 Å². The first-order valence-electron chi connectivity index (χ1n) is 6.32. The molecule has 0 bridgehead atoms. The van der Waals surface area contributed by atoms with Crippen LogP contribution in [0.5, 0.6) is 0 Å². The molecule has 0 aliphatic heterocycles. The second-order valence-electron chi connectivity index (χ2n) is 4.81. The Morgan fingerprint density at radius 2 is 1.79 bits per heavy atom. The van der Waals surface area contributed by atoms with Crippen LogP contribution in [0.25, 0.3) is 0 Å². The molecule has 4 N–H and O–H groups in total. The Kier molecular flexibility index (Phi) is 4.18. The van der Waals surface area contributed by atoms with E-state index in [1.807, 2.05) is 30.3 Å². The minimum atomic E-state index is 0.573. The van der Waals surface area contributed by atoms with Gasteiger partial charge in [-0.05, 0) is 30.2 Å². The number of hydrogen-bond acceptors (Lipinski definition) is 5. The second-order valence-corrected chi connectivity index (χ2v) is 4.81. The molecule has 0 radical (unpaired) electrons. The van der Waals surface area contributed by atoms with Crippen molar-refractivity contribution in [1.29, 1.82) is 0 Å². The summed E-state index contributed by atoms with van der Waals surface area (Å²) < 4.78 is 0. The summed E-state index contributed by atoms with van der Waals surface area (Å²) in [5.74, 6) is 2.15. The summed E-state index contributed by atoms with van der Waals surface area (Å²) in [6.45, 7) is 5.20. The van der Waals surface area contributed by atoms with Gasteiger partial charge in [-0.2, -0.15) is 0 Å². The van der Waals surface area contributed by atoms with Crippen LogP contribution in [-0.2, 0) is 0 Å². The van der Waals surface area contributed by atoms with Crippen LogP contribution in [-0.4, -0.2) is 16.5 Å². The summed E-state index contributed by atoms with van der Waals surface area (Å²) in [5.41, 5.74) is 7.34. The Balaban J connectivity index is 2.04. The zero-order valence-electron chi connectivity index (χ0n) is 11.2. The fraction of sp³-hybridized carbons (Fsp3) is 0.286. The predicted molar refractivity (Wildman–Crippen MR) is 79.5 cm³/mol. The van der Waals surface area contributed by atoms with Gasteiger partial charge in [-0.1, -0.05) is 13.8 Å². The lowest BCUT2D eigenvalue weighted by Gasteiger charge is -2.10. The van der Waals surface area contributed by atoms with Crippen LogP contribution in [0.2, 0.25) is 0 Å². The molecule has 0 atom stereocenters. The van der Waals surface area contributed by atoms with Crippen molar-refractivity contribution in [1.82, 2.24) is 9.97 Å². The molecule has 0 aliphatic rings. The van der Waals surface area contributed by atoms with Crippen LogP contribution >= 0.6 is 0 Å². The molecule has 5 nitrogen and oxygen atoms in total. The van der Waals surface area contributed by atoms with Crippen molar-refractivity contribution in [3.63, 3.8) is 0 Å². The van der Waals surface area contributed by atoms with Gasteiger partial charge in [0.05, 0.1) is 0 Å². The normalized spacial score (nSPS) is 10.5. The van der Waals surface area contributed by atoms with Crippen LogP contribution in [0.4, 0.5) is 23.0 Å². The number of nitrogens with zero attached hydrogens (tertiary/aromatic N) is 2. The van der Waals surface area contributed by atoms with Gasteiger partial charge in [0.15, 0.2) is 0 Å². The summed E-state index contributed by atoms with van der Waals surface area (Å²) in [5, 5.41) is 6.48. The molecule has 100 valence electrons. The van der Waals surface area contributed by atoms with Crippen molar-refractivity contribution in [3.05, 3.63) is 36.7 Å². The Morgan fingerprint density at radius 3 is 2.47 bits per heavy atom. The number of anilines is 4. The molecule has 2 rings (SSSR count). The highest BCUT2D eigenvalue weighted by Crippen LogP contribution is 2.17. The largest absolute Gasteiger partial charge is 0.399 e. The number of aromatic nitrogens is 2. The number of nitrogens with one attached hydrogen (secondary N) is 2. The summed E-state index contributed by atoms with van der Waals surface area (Å²) in [6, 6.07) is 9.42. The first-order valence-corrected chi connectivity index (χ1v) is 6.32. The lowest BCUT2D eigenvalue weighted by molar-refractivity contribution is 0.687. The predicted octanol–water partition coefficient (Wildman–Crippen LogP) is 2.87. The highest BCUT2D eigenvalue weighted by atomic mass is 15.1. The molecule has 1 heterocycles. The molecule has 19 heavy (non-hydrogen) atoms. The monoisotopic (exact) mass is 257 g/mol. The van der Waals surface area contributed by atoms with Gasteiger partial charge in [-0.15, -0.1) is 0 Å². The molecule has 0 spiro atoms. The Hall–Kier alpha value is -2.30. The number of benzene rings is 1. The number of rotatable bonds is 5. The summed E-state index contributed by atoms with van der Waals surface area (Å²) >= 11 is 0. The number of hydrogen-bond donors (Lipinski definition) is 3. The summed E-state index contributed by atoms with van der Waals surface area (Å²) in [6.07, 6.45) is 1.54. The van der Waals surface area contributed by atoms with Gasteiger partial charge in [-0.25, -0.2) is 9.97 Å². The Bertz CT molecular complexity index is 522. The van der Waals surface area contributed by atoms with E-state index in [-0.39, 0.29) is 0 Å².